The van der Waals surface area contributed by atoms with Crippen molar-refractivity contribution in [1.82, 2.24) is 0 Å². The lowest BCUT2D eigenvalue weighted by Crippen LogP contribution is -2.28. The number of hydrogen-bond acceptors (Lipinski definition) is 5. The number of carbonyl (C=O) groups excluding carboxylic acids is 2. The average molecular weight is 390 g/mol. The van der Waals surface area contributed by atoms with E-state index in [1.807, 2.05) is 0 Å². The Kier molecular flexibility index (Phi) is 5.25. The fraction of sp³-hybridized carbons (Fsp3) is 0.176. The van der Waals surface area contributed by atoms with E-state index in [0.29, 0.717) is 10.6 Å². The molecule has 0 fully saturated rings. The number of hydrogen-bond donors (Lipinski definition) is 3. The van der Waals surface area contributed by atoms with E-state index in [9.17, 15) is 9.59 Å². The lowest BCUT2D eigenvalue weighted by Gasteiger charge is -2.08. The van der Waals surface area contributed by atoms with E-state index in [2.05, 4.69) is 4.74 Å². The summed E-state index contributed by atoms with van der Waals surface area (Å²) in [5.41, 5.74) is 10.8. The molecule has 0 aliphatic heterocycles. The topological polar surface area (TPSA) is 121 Å². The highest BCUT2D eigenvalue weighted by atomic mass is 35.5. The summed E-state index contributed by atoms with van der Waals surface area (Å²) < 4.78 is 48.1. The van der Waals surface area contributed by atoms with Crippen LogP contribution in [0, 0.1) is 0 Å². The first-order valence-electron chi connectivity index (χ1n) is 9.61. The van der Waals surface area contributed by atoms with Crippen LogP contribution in [-0.4, -0.2) is 19.0 Å². The van der Waals surface area contributed by atoms with E-state index in [1.165, 1.54) is 7.11 Å². The summed E-state index contributed by atoms with van der Waals surface area (Å²) >= 11 is 11.3. The molecule has 0 aromatic heterocycles. The van der Waals surface area contributed by atoms with Crippen molar-refractivity contribution in [2.45, 2.75) is 12.1 Å². The van der Waals surface area contributed by atoms with Gasteiger partial charge in [0.1, 0.15) is 12.1 Å². The van der Waals surface area contributed by atoms with Crippen molar-refractivity contribution in [2.75, 3.05) is 7.11 Å². The van der Waals surface area contributed by atoms with Crippen LogP contribution < -0.4 is 17.2 Å². The van der Waals surface area contributed by atoms with Gasteiger partial charge in [0.15, 0.2) is 2.82 Å². The van der Waals surface area contributed by atoms with Gasteiger partial charge >= 0.3 is 5.97 Å². The van der Waals surface area contributed by atoms with E-state index in [-0.39, 0.29) is 16.8 Å². The van der Waals surface area contributed by atoms with Crippen molar-refractivity contribution in [3.05, 3.63) is 69.6 Å². The molecule has 0 aliphatic carbocycles. The third-order valence-electron chi connectivity index (χ3n) is 2.85. The second-order valence-electron chi connectivity index (χ2n) is 4.54. The molecule has 0 heterocycles. The molecule has 0 radical (unpaired) electrons. The second kappa shape index (κ2) is 10.0. The number of ether oxygens (including phenoxy) is 1. The van der Waals surface area contributed by atoms with Crippen molar-refractivity contribution in [3.8, 4) is 0 Å². The van der Waals surface area contributed by atoms with E-state index in [0.717, 1.165) is 6.07 Å². The van der Waals surface area contributed by atoms with Crippen LogP contribution in [0.15, 0.2) is 48.5 Å². The monoisotopic (exact) mass is 389 g/mol. The third kappa shape index (κ3) is 6.72. The number of halogens is 2. The van der Waals surface area contributed by atoms with Crippen molar-refractivity contribution in [2.24, 2.45) is 17.2 Å². The zero-order valence-corrected chi connectivity index (χ0v) is 14.6. The Morgan fingerprint density at radius 3 is 2.28 bits per heavy atom. The number of amides is 1. The molecule has 134 valence electrons. The fourth-order valence-corrected chi connectivity index (χ4v) is 1.75. The largest absolute Gasteiger partial charge is 0.468 e. The highest BCUT2D eigenvalue weighted by Crippen LogP contribution is 2.15. The lowest BCUT2D eigenvalue weighted by atomic mass is 10.1. The minimum atomic E-state index is -2.59. The van der Waals surface area contributed by atoms with E-state index in [4.69, 9.17) is 43.0 Å². The summed E-state index contributed by atoms with van der Waals surface area (Å²) in [6.45, 7) is 0. The van der Waals surface area contributed by atoms with Crippen molar-refractivity contribution in [3.63, 3.8) is 0 Å². The summed E-state index contributed by atoms with van der Waals surface area (Å²) in [6.07, 6.45) is 0. The van der Waals surface area contributed by atoms with Crippen LogP contribution >= 0.6 is 23.2 Å². The van der Waals surface area contributed by atoms with Gasteiger partial charge in [-0.3, -0.25) is 9.59 Å². The Balaban J connectivity index is 0.000000327. The first-order valence-corrected chi connectivity index (χ1v) is 7.48. The Labute approximate surface area is 164 Å². The molecule has 25 heavy (non-hydrogen) atoms. The van der Waals surface area contributed by atoms with Gasteiger partial charge in [-0.2, -0.15) is 0 Å². The van der Waals surface area contributed by atoms with Crippen LogP contribution in [0.5, 0.6) is 0 Å². The van der Waals surface area contributed by atoms with E-state index < -0.39 is 41.6 Å². The van der Waals surface area contributed by atoms with Gasteiger partial charge in [-0.1, -0.05) is 47.4 Å². The minimum Gasteiger partial charge on any atom is -0.468 e. The molecule has 8 heteroatoms. The zero-order valence-electron chi connectivity index (χ0n) is 19.0. The van der Waals surface area contributed by atoms with Crippen LogP contribution in [0.3, 0.4) is 0 Å². The Morgan fingerprint density at radius 1 is 1.08 bits per heavy atom. The number of benzene rings is 2. The Hall–Kier alpha value is -2.12. The number of rotatable bonds is 4. The first kappa shape index (κ1) is 13.1. The van der Waals surface area contributed by atoms with Crippen LogP contribution in [0.4, 0.5) is 0 Å². The normalized spacial score (nSPS) is 16.8. The Morgan fingerprint density at radius 2 is 1.72 bits per heavy atom. The van der Waals surface area contributed by atoms with Gasteiger partial charge in [-0.05, 0) is 35.3 Å². The van der Waals surface area contributed by atoms with Gasteiger partial charge in [0, 0.05) is 10.0 Å². The summed E-state index contributed by atoms with van der Waals surface area (Å²) in [4.78, 5) is 22.4. The van der Waals surface area contributed by atoms with Gasteiger partial charge in [-0.15, -0.1) is 0 Å². The maximum Gasteiger partial charge on any atom is 0.327 e. The molecule has 6 N–H and O–H groups in total. The predicted molar refractivity (Wildman–Crippen MR) is 98.0 cm³/mol. The fourth-order valence-electron chi connectivity index (χ4n) is 1.52. The molecule has 0 bridgehead atoms. The quantitative estimate of drug-likeness (QED) is 0.692. The maximum absolute atomic E-state index is 11.4. The van der Waals surface area contributed by atoms with Crippen LogP contribution in [-0.2, 0) is 14.3 Å². The molecule has 0 spiro atoms. The van der Waals surface area contributed by atoms with Gasteiger partial charge in [-0.25, -0.2) is 0 Å². The van der Waals surface area contributed by atoms with Gasteiger partial charge in [0.2, 0.25) is 5.91 Å². The smallest absolute Gasteiger partial charge is 0.327 e. The molecule has 2 unspecified atom stereocenters. The molecule has 6 nitrogen and oxygen atoms in total. The molecular weight excluding hydrogens is 365 g/mol. The van der Waals surface area contributed by atoms with Gasteiger partial charge in [0.25, 0.3) is 0 Å². The Bertz CT molecular complexity index is 961. The highest BCUT2D eigenvalue weighted by Gasteiger charge is 2.15. The van der Waals surface area contributed by atoms with Crippen molar-refractivity contribution >= 4 is 35.1 Å². The van der Waals surface area contributed by atoms with Gasteiger partial charge in [0.05, 0.1) is 12.6 Å². The molecule has 2 atom stereocenters. The van der Waals surface area contributed by atoms with Crippen LogP contribution in [0.2, 0.25) is 12.9 Å². The van der Waals surface area contributed by atoms with E-state index in [1.54, 1.807) is 24.3 Å². The SMILES string of the molecule is COC(=O)C(N)c1ccc(Cl)cc1.[2H]c1cc(C([2H])(N)C(=O)N([2H])[2H])c([2H])c([2H])c1Cl. The second-order valence-corrected chi connectivity index (χ2v) is 5.35. The first-order chi connectivity index (χ1) is 14.2. The molecule has 2 aromatic carbocycles. The number of esters is 1. The molecule has 1 amide bonds. The minimum absolute atomic E-state index is 0.291. The number of primary amides is 1. The predicted octanol–water partition coefficient (Wildman–Crippen LogP) is 2.34. The molecule has 0 saturated heterocycles. The lowest BCUT2D eigenvalue weighted by molar-refractivity contribution is -0.142. The van der Waals surface area contributed by atoms with Crippen LogP contribution in [0.25, 0.3) is 0 Å². The standard InChI is InChI=1S/C9H10ClNO2.C8H9ClN2O/c1-13-9(12)8(11)6-2-4-7(10)5-3-6;9-6-3-1-5(2-4-6)7(10)8(11)12/h2-5,8H,11H2,1H3;1-4,7H,10H2,(H2,11,12)/i;1D,3D,4D,7D/hD2. The third-order valence-corrected chi connectivity index (χ3v) is 3.31. The maximum atomic E-state index is 11.4. The van der Waals surface area contributed by atoms with Crippen molar-refractivity contribution in [1.29, 1.82) is 0 Å². The van der Waals surface area contributed by atoms with Crippen molar-refractivity contribution < 1.29 is 22.6 Å². The number of nitrogens with two attached hydrogens (primary N) is 3. The van der Waals surface area contributed by atoms with Crippen LogP contribution in [0.1, 0.15) is 28.7 Å². The summed E-state index contributed by atoms with van der Waals surface area (Å²) in [5.74, 6) is -1.86. The molecule has 0 saturated carbocycles. The average Bonchev–Trinajstić information content (AvgIpc) is 2.73. The van der Waals surface area contributed by atoms with E-state index >= 15 is 0 Å². The summed E-state index contributed by atoms with van der Waals surface area (Å²) in [6, 6.07) is 2.88. The summed E-state index contributed by atoms with van der Waals surface area (Å²) in [5, 5.41) is 0.321. The summed E-state index contributed by atoms with van der Waals surface area (Å²) in [7, 11) is 1.30. The molecule has 2 aromatic rings. The molecule has 0 aliphatic rings. The zero-order chi connectivity index (χ0) is 24.1. The van der Waals surface area contributed by atoms with Gasteiger partial charge < -0.3 is 21.9 Å². The number of carbonyl (C=O) groups is 2. The highest BCUT2D eigenvalue weighted by molar-refractivity contribution is 6.30. The molecule has 2 rings (SSSR count). The molecular formula is C17H19Cl2N3O3. The number of methoxy groups -OCH3 is 1.